The highest BCUT2D eigenvalue weighted by Gasteiger charge is 2.15. The van der Waals surface area contributed by atoms with Crippen LogP contribution in [0.4, 0.5) is 5.69 Å². The molecule has 0 spiro atoms. The molecule has 2 amide bonds. The van der Waals surface area contributed by atoms with E-state index in [1.165, 1.54) is 0 Å². The zero-order chi connectivity index (χ0) is 24.8. The van der Waals surface area contributed by atoms with Gasteiger partial charge in [0.15, 0.2) is 5.01 Å². The number of rotatable bonds is 9. The second-order valence-corrected chi connectivity index (χ2v) is 9.08. The number of carbonyl (C=O) groups excluding carboxylic acids is 2. The summed E-state index contributed by atoms with van der Waals surface area (Å²) in [6.45, 7) is 4.37. The first-order valence-electron chi connectivity index (χ1n) is 10.7. The fourth-order valence-electron chi connectivity index (χ4n) is 3.23. The summed E-state index contributed by atoms with van der Waals surface area (Å²) in [5.41, 5.74) is 2.85. The molecular formula is C24H22ClN5O4S. The highest BCUT2D eigenvalue weighted by atomic mass is 35.5. The Labute approximate surface area is 210 Å². The van der Waals surface area contributed by atoms with E-state index in [2.05, 4.69) is 26.0 Å². The van der Waals surface area contributed by atoms with Crippen molar-refractivity contribution in [3.63, 3.8) is 0 Å². The van der Waals surface area contributed by atoms with E-state index >= 15 is 0 Å². The van der Waals surface area contributed by atoms with E-state index in [0.29, 0.717) is 40.0 Å². The summed E-state index contributed by atoms with van der Waals surface area (Å²) in [5, 5.41) is 18.9. The largest absolute Gasteiger partial charge is 0.486 e. The van der Waals surface area contributed by atoms with Gasteiger partial charge < -0.3 is 19.9 Å². The minimum Gasteiger partial charge on any atom is -0.486 e. The molecule has 0 bridgehead atoms. The van der Waals surface area contributed by atoms with Gasteiger partial charge in [-0.05, 0) is 68.8 Å². The number of hydrogen-bond donors (Lipinski definition) is 2. The molecule has 35 heavy (non-hydrogen) atoms. The topological polar surface area (TPSA) is 119 Å². The van der Waals surface area contributed by atoms with Gasteiger partial charge in [0.25, 0.3) is 11.8 Å². The van der Waals surface area contributed by atoms with Crippen LogP contribution in [0.5, 0.6) is 5.75 Å². The molecule has 2 aromatic carbocycles. The van der Waals surface area contributed by atoms with Gasteiger partial charge in [0, 0.05) is 28.4 Å². The number of aryl methyl sites for hydroxylation is 2. The standard InChI is InChI=1S/C24H22ClN5O4S/c1-14-20(15(2)34-30-14)11-12-26-22(31)16-3-7-18(8-4-16)27-23(32)24-29-28-21(35-24)13-33-19-9-5-17(25)6-10-19/h3-10H,11-13H2,1-2H3,(H,26,31)(H,27,32). The minimum absolute atomic E-state index is 0.187. The molecule has 0 aliphatic rings. The maximum atomic E-state index is 12.5. The third kappa shape index (κ3) is 6.43. The summed E-state index contributed by atoms with van der Waals surface area (Å²) in [6, 6.07) is 13.6. The van der Waals surface area contributed by atoms with Crippen LogP contribution in [0, 0.1) is 13.8 Å². The van der Waals surface area contributed by atoms with Crippen LogP contribution in [0.15, 0.2) is 53.1 Å². The van der Waals surface area contributed by atoms with Crippen LogP contribution in [0.25, 0.3) is 0 Å². The van der Waals surface area contributed by atoms with Crippen LogP contribution >= 0.6 is 22.9 Å². The van der Waals surface area contributed by atoms with Crippen molar-refractivity contribution in [2.45, 2.75) is 26.9 Å². The van der Waals surface area contributed by atoms with Gasteiger partial charge in [0.1, 0.15) is 18.1 Å². The SMILES string of the molecule is Cc1noc(C)c1CCNC(=O)c1ccc(NC(=O)c2nnc(COc3ccc(Cl)cc3)s2)cc1. The molecule has 11 heteroatoms. The van der Waals surface area contributed by atoms with Gasteiger partial charge in [-0.3, -0.25) is 9.59 Å². The number of anilines is 1. The van der Waals surface area contributed by atoms with Crippen molar-refractivity contribution in [1.82, 2.24) is 20.7 Å². The molecule has 0 radical (unpaired) electrons. The Morgan fingerprint density at radius 1 is 1.03 bits per heavy atom. The van der Waals surface area contributed by atoms with E-state index in [-0.39, 0.29) is 17.5 Å². The van der Waals surface area contributed by atoms with Crippen LogP contribution in [-0.4, -0.2) is 33.7 Å². The Morgan fingerprint density at radius 2 is 1.77 bits per heavy atom. The Hall–Kier alpha value is -3.76. The van der Waals surface area contributed by atoms with Crippen LogP contribution in [0.1, 0.15) is 42.2 Å². The number of halogens is 1. The lowest BCUT2D eigenvalue weighted by molar-refractivity contribution is 0.0953. The average molecular weight is 512 g/mol. The van der Waals surface area contributed by atoms with E-state index in [1.54, 1.807) is 48.5 Å². The van der Waals surface area contributed by atoms with Gasteiger partial charge in [-0.1, -0.05) is 28.1 Å². The van der Waals surface area contributed by atoms with Crippen molar-refractivity contribution in [3.8, 4) is 5.75 Å². The number of benzene rings is 2. The molecule has 0 aliphatic heterocycles. The first-order valence-corrected chi connectivity index (χ1v) is 11.9. The highest BCUT2D eigenvalue weighted by molar-refractivity contribution is 7.13. The third-order valence-corrected chi connectivity index (χ3v) is 6.23. The number of aromatic nitrogens is 3. The molecular weight excluding hydrogens is 490 g/mol. The quantitative estimate of drug-likeness (QED) is 0.337. The maximum absolute atomic E-state index is 12.5. The third-order valence-electron chi connectivity index (χ3n) is 5.08. The van der Waals surface area contributed by atoms with Crippen molar-refractivity contribution in [2.24, 2.45) is 0 Å². The second-order valence-electron chi connectivity index (χ2n) is 7.58. The molecule has 0 aliphatic carbocycles. The molecule has 0 saturated carbocycles. The van der Waals surface area contributed by atoms with Crippen LogP contribution in [0.2, 0.25) is 5.02 Å². The van der Waals surface area contributed by atoms with Crippen molar-refractivity contribution in [3.05, 3.63) is 86.1 Å². The van der Waals surface area contributed by atoms with Gasteiger partial charge in [-0.15, -0.1) is 10.2 Å². The van der Waals surface area contributed by atoms with Crippen LogP contribution in [-0.2, 0) is 13.0 Å². The number of ether oxygens (including phenoxy) is 1. The molecule has 0 unspecified atom stereocenters. The van der Waals surface area contributed by atoms with Gasteiger partial charge in [-0.25, -0.2) is 0 Å². The zero-order valence-electron chi connectivity index (χ0n) is 19.0. The van der Waals surface area contributed by atoms with E-state index in [1.807, 2.05) is 13.8 Å². The summed E-state index contributed by atoms with van der Waals surface area (Å²) in [5.74, 6) is 0.804. The molecule has 180 valence electrons. The van der Waals surface area contributed by atoms with Crippen molar-refractivity contribution >= 4 is 40.4 Å². The lowest BCUT2D eigenvalue weighted by Gasteiger charge is -2.07. The van der Waals surface area contributed by atoms with E-state index in [4.69, 9.17) is 20.9 Å². The van der Waals surface area contributed by atoms with Crippen LogP contribution < -0.4 is 15.4 Å². The molecule has 4 aromatic rings. The Kier molecular flexibility index (Phi) is 7.74. The smallest absolute Gasteiger partial charge is 0.286 e. The van der Waals surface area contributed by atoms with Gasteiger partial charge in [0.05, 0.1) is 5.69 Å². The zero-order valence-corrected chi connectivity index (χ0v) is 20.6. The molecule has 2 N–H and O–H groups in total. The number of nitrogens with one attached hydrogen (secondary N) is 2. The monoisotopic (exact) mass is 511 g/mol. The molecule has 4 rings (SSSR count). The summed E-state index contributed by atoms with van der Waals surface area (Å²) >= 11 is 7.00. The average Bonchev–Trinajstić information content (AvgIpc) is 3.46. The van der Waals surface area contributed by atoms with E-state index in [9.17, 15) is 9.59 Å². The fraction of sp³-hybridized carbons (Fsp3) is 0.208. The summed E-state index contributed by atoms with van der Waals surface area (Å²) < 4.78 is 10.8. The van der Waals surface area contributed by atoms with Crippen molar-refractivity contribution in [1.29, 1.82) is 0 Å². The van der Waals surface area contributed by atoms with Gasteiger partial charge >= 0.3 is 0 Å². The second kappa shape index (κ2) is 11.1. The fourth-order valence-corrected chi connectivity index (χ4v) is 4.01. The normalized spacial score (nSPS) is 10.7. The molecule has 0 saturated heterocycles. The molecule has 2 aromatic heterocycles. The first-order chi connectivity index (χ1) is 16.9. The van der Waals surface area contributed by atoms with Crippen LogP contribution in [0.3, 0.4) is 0 Å². The minimum atomic E-state index is -0.392. The lowest BCUT2D eigenvalue weighted by atomic mass is 10.1. The summed E-state index contributed by atoms with van der Waals surface area (Å²) in [7, 11) is 0. The number of amides is 2. The van der Waals surface area contributed by atoms with E-state index in [0.717, 1.165) is 28.4 Å². The van der Waals surface area contributed by atoms with E-state index < -0.39 is 5.91 Å². The molecule has 0 fully saturated rings. The predicted octanol–water partition coefficient (Wildman–Crippen LogP) is 4.60. The Bertz CT molecular complexity index is 1300. The molecule has 9 nitrogen and oxygen atoms in total. The maximum Gasteiger partial charge on any atom is 0.286 e. The number of carbonyl (C=O) groups is 2. The number of nitrogens with zero attached hydrogens (tertiary/aromatic N) is 3. The first kappa shape index (κ1) is 24.4. The number of hydrogen-bond acceptors (Lipinski definition) is 8. The van der Waals surface area contributed by atoms with Gasteiger partial charge in [0.2, 0.25) is 5.01 Å². The highest BCUT2D eigenvalue weighted by Crippen LogP contribution is 2.19. The summed E-state index contributed by atoms with van der Waals surface area (Å²) in [6.07, 6.45) is 0.635. The van der Waals surface area contributed by atoms with Gasteiger partial charge in [-0.2, -0.15) is 0 Å². The van der Waals surface area contributed by atoms with Crippen molar-refractivity contribution < 1.29 is 18.8 Å². The molecule has 2 heterocycles. The van der Waals surface area contributed by atoms with Crippen molar-refractivity contribution in [2.75, 3.05) is 11.9 Å². The lowest BCUT2D eigenvalue weighted by Crippen LogP contribution is -2.25. The Balaban J connectivity index is 1.26. The molecule has 0 atom stereocenters. The Morgan fingerprint density at radius 3 is 2.46 bits per heavy atom. The predicted molar refractivity (Wildman–Crippen MR) is 132 cm³/mol. The summed E-state index contributed by atoms with van der Waals surface area (Å²) in [4.78, 5) is 24.9.